The van der Waals surface area contributed by atoms with Crippen LogP contribution in [-0.4, -0.2) is 218 Å². The van der Waals surface area contributed by atoms with Gasteiger partial charge in [-0.05, 0) is 32.6 Å². The van der Waals surface area contributed by atoms with Crippen LogP contribution in [0.3, 0.4) is 0 Å². The number of esters is 4. The van der Waals surface area contributed by atoms with Crippen molar-refractivity contribution in [2.75, 3.05) is 20.3 Å². The second-order valence-corrected chi connectivity index (χ2v) is 21.0. The normalized spacial score (nSPS) is 29.8. The highest BCUT2D eigenvalue weighted by Gasteiger charge is 2.52. The Morgan fingerprint density at radius 2 is 1.23 bits per heavy atom. The number of carbonyl (C=O) groups is 7. The molecule has 4 heterocycles. The number of nitrogens with zero attached hydrogens (tertiary/aromatic N) is 3. The Kier molecular flexibility index (Phi) is 28.8. The fourth-order valence-electron chi connectivity index (χ4n) is 8.97. The maximum atomic E-state index is 14.1. The maximum absolute atomic E-state index is 14.1. The smallest absolute Gasteiger partial charge is 0.308 e. The zero-order chi connectivity index (χ0) is 61.0. The molecule has 3 aliphatic rings. The number of methoxy groups -OCH3 is 1. The molecule has 29 nitrogen and oxygen atoms in total. The summed E-state index contributed by atoms with van der Waals surface area (Å²) >= 11 is 0. The van der Waals surface area contributed by atoms with Crippen LogP contribution in [0, 0.1) is 11.8 Å². The first-order chi connectivity index (χ1) is 38.9. The van der Waals surface area contributed by atoms with Crippen molar-refractivity contribution in [1.29, 1.82) is 0 Å². The van der Waals surface area contributed by atoms with Crippen molar-refractivity contribution in [3.8, 4) is 0 Å². The molecule has 19 atom stereocenters. The number of aromatic nitrogens is 3. The monoisotopic (exact) mass is 1180 g/mol. The van der Waals surface area contributed by atoms with Gasteiger partial charge in [0.15, 0.2) is 25.0 Å². The molecule has 3 amide bonds. The Bertz CT molecular complexity index is 2190. The van der Waals surface area contributed by atoms with E-state index in [-0.39, 0.29) is 71.1 Å². The first-order valence-corrected chi connectivity index (χ1v) is 28.2. The lowest BCUT2D eigenvalue weighted by atomic mass is 9.88. The summed E-state index contributed by atoms with van der Waals surface area (Å²) in [6.45, 7) is 13.8. The second kappa shape index (κ2) is 34.0. The molecular weight excluding hydrogens is 1090 g/mol. The predicted octanol–water partition coefficient (Wildman–Crippen LogP) is -1.16. The minimum atomic E-state index is -1.80. The van der Waals surface area contributed by atoms with Gasteiger partial charge in [-0.3, -0.25) is 33.6 Å². The average molecular weight is 1180 g/mol. The van der Waals surface area contributed by atoms with Gasteiger partial charge in [-0.25, -0.2) is 4.68 Å². The molecule has 29 heteroatoms. The molecule has 0 spiro atoms. The second-order valence-electron chi connectivity index (χ2n) is 21.0. The van der Waals surface area contributed by atoms with Crippen molar-refractivity contribution in [1.82, 2.24) is 30.9 Å². The van der Waals surface area contributed by atoms with Gasteiger partial charge >= 0.3 is 23.9 Å². The maximum Gasteiger partial charge on any atom is 0.308 e. The number of ether oxygens (including phenoxy) is 10. The summed E-state index contributed by atoms with van der Waals surface area (Å²) in [7, 11) is 1.23. The first kappa shape index (κ1) is 69.4. The minimum absolute atomic E-state index is 0.0680. The number of aliphatic hydroxyl groups excluding tert-OH is 6. The van der Waals surface area contributed by atoms with Crippen LogP contribution in [0.4, 0.5) is 0 Å². The molecule has 9 unspecified atom stereocenters. The van der Waals surface area contributed by atoms with E-state index in [4.69, 9.17) is 47.4 Å². The van der Waals surface area contributed by atoms with Crippen LogP contribution in [0.15, 0.2) is 6.20 Å². The molecular formula is C53H88N6O23. The van der Waals surface area contributed by atoms with E-state index in [1.807, 2.05) is 0 Å². The Labute approximate surface area is 477 Å². The van der Waals surface area contributed by atoms with Crippen LogP contribution >= 0.6 is 0 Å². The van der Waals surface area contributed by atoms with E-state index in [0.29, 0.717) is 5.69 Å². The third-order valence-corrected chi connectivity index (χ3v) is 14.2. The molecule has 4 rings (SSSR count). The van der Waals surface area contributed by atoms with Gasteiger partial charge in [0.2, 0.25) is 17.7 Å². The number of carbonyl (C=O) groups excluding carboxylic acids is 7. The number of aliphatic hydroxyl groups is 6. The molecule has 0 aliphatic carbocycles. The third kappa shape index (κ3) is 20.9. The van der Waals surface area contributed by atoms with Gasteiger partial charge in [-0.15, -0.1) is 5.10 Å². The van der Waals surface area contributed by atoms with Crippen LogP contribution in [0.2, 0.25) is 0 Å². The Balaban J connectivity index is 1.64. The van der Waals surface area contributed by atoms with Gasteiger partial charge in [0.25, 0.3) is 0 Å². The molecule has 0 saturated carbocycles. The number of hydrogen-bond donors (Lipinski definition) is 9. The molecule has 0 bridgehead atoms. The van der Waals surface area contributed by atoms with Crippen LogP contribution < -0.4 is 16.0 Å². The number of rotatable bonds is 32. The SMILES string of the molecule is CCC(=O)O[C@H](CC)CC(=O)NC1C(OC(=O)C[C@H](O)CC)[C@H](O)C(CO[C@@H]2OC(Cn3cc(CNC(=O)CCO[C@@H]4OC(C)[C@H](O)C(O)C4O)nn3)[C@@H](C)C(OC(=O)C[C@H](O)CC)C2NC(=O)C[C@@H](CC)OC(=O)C(C)C)O[C@H]1OC. The van der Waals surface area contributed by atoms with E-state index in [2.05, 4.69) is 26.3 Å². The van der Waals surface area contributed by atoms with Crippen LogP contribution in [0.5, 0.6) is 0 Å². The Morgan fingerprint density at radius 3 is 1.79 bits per heavy atom. The molecule has 1 aromatic heterocycles. The summed E-state index contributed by atoms with van der Waals surface area (Å²) in [4.78, 5) is 92.1. The van der Waals surface area contributed by atoms with Gasteiger partial charge in [-0.1, -0.05) is 60.6 Å². The van der Waals surface area contributed by atoms with E-state index in [1.54, 1.807) is 55.4 Å². The van der Waals surface area contributed by atoms with Crippen molar-refractivity contribution >= 4 is 41.6 Å². The highest BCUT2D eigenvalue weighted by atomic mass is 16.7. The van der Waals surface area contributed by atoms with Crippen molar-refractivity contribution in [2.45, 2.75) is 250 Å². The van der Waals surface area contributed by atoms with Crippen molar-refractivity contribution in [2.24, 2.45) is 11.8 Å². The predicted molar refractivity (Wildman–Crippen MR) is 280 cm³/mol. The van der Waals surface area contributed by atoms with Crippen molar-refractivity contribution in [3.05, 3.63) is 11.9 Å². The zero-order valence-electron chi connectivity index (χ0n) is 48.5. The fourth-order valence-corrected chi connectivity index (χ4v) is 8.97. The van der Waals surface area contributed by atoms with E-state index in [0.717, 1.165) is 0 Å². The summed E-state index contributed by atoms with van der Waals surface area (Å²) in [5.41, 5.74) is 0.294. The lowest BCUT2D eigenvalue weighted by Crippen LogP contribution is -2.67. The quantitative estimate of drug-likeness (QED) is 0.0304. The molecule has 468 valence electrons. The summed E-state index contributed by atoms with van der Waals surface area (Å²) < 4.78 is 59.9. The number of nitrogens with one attached hydrogen (secondary N) is 3. The van der Waals surface area contributed by atoms with Gasteiger partial charge in [-0.2, -0.15) is 0 Å². The van der Waals surface area contributed by atoms with E-state index in [1.165, 1.54) is 24.9 Å². The molecule has 1 aromatic rings. The topological polar surface area (TPSA) is 400 Å². The molecule has 3 aliphatic heterocycles. The molecule has 3 fully saturated rings. The summed E-state index contributed by atoms with van der Waals surface area (Å²) in [5.74, 6) is -5.97. The van der Waals surface area contributed by atoms with E-state index < -0.39 is 183 Å². The van der Waals surface area contributed by atoms with Crippen molar-refractivity contribution in [3.63, 3.8) is 0 Å². The Hall–Kier alpha value is -5.05. The lowest BCUT2D eigenvalue weighted by Gasteiger charge is -2.47. The number of amides is 3. The standard InChI is InChI=1S/C53H88N6O23/c1-11-30(60)18-40(66)81-48-27(8)34(24-59-23-29(57-58-59)22-54-36(62)16-17-74-53-47(71)46(70)44(68)28(9)76-53)79-52(42(48)55-38(64)21-33(14-4)78-50(72)26(6)7)75-25-35-45(69)49(82-41(67)19-31(61)12-2)43(51(73-10)80-35)56-37(63)20-32(13-3)77-39(65)15-5/h23,26-28,30-35,42-49,51-53,60-61,68-71H,11-22,24-25H2,1-10H3,(H,54,62)(H,55,64)(H,56,63)/t27-,28?,30-,31-,32-,33-,34?,35?,42?,43?,44+,45-,46?,47?,48?,49?,51-,52-,53-/m1/s1. The molecule has 0 radical (unpaired) electrons. The van der Waals surface area contributed by atoms with Gasteiger partial charge < -0.3 is 94.0 Å². The van der Waals surface area contributed by atoms with Gasteiger partial charge in [0.1, 0.15) is 66.6 Å². The largest absolute Gasteiger partial charge is 0.462 e. The molecule has 82 heavy (non-hydrogen) atoms. The van der Waals surface area contributed by atoms with Crippen LogP contribution in [0.25, 0.3) is 0 Å². The Morgan fingerprint density at radius 1 is 0.659 bits per heavy atom. The molecule has 3 saturated heterocycles. The minimum Gasteiger partial charge on any atom is -0.462 e. The fraction of sp³-hybridized carbons (Fsp3) is 0.830. The summed E-state index contributed by atoms with van der Waals surface area (Å²) in [6.07, 6.45) is -19.8. The van der Waals surface area contributed by atoms with Crippen molar-refractivity contribution < 1.29 is 112 Å². The highest BCUT2D eigenvalue weighted by Crippen LogP contribution is 2.33. The van der Waals surface area contributed by atoms with Crippen LogP contribution in [0.1, 0.15) is 132 Å². The summed E-state index contributed by atoms with van der Waals surface area (Å²) in [5, 5.41) is 79.7. The summed E-state index contributed by atoms with van der Waals surface area (Å²) in [6, 6.07) is -2.74. The van der Waals surface area contributed by atoms with Gasteiger partial charge in [0, 0.05) is 19.4 Å². The lowest BCUT2D eigenvalue weighted by molar-refractivity contribution is -0.296. The first-order valence-electron chi connectivity index (χ1n) is 28.2. The highest BCUT2D eigenvalue weighted by molar-refractivity contribution is 5.79. The third-order valence-electron chi connectivity index (χ3n) is 14.2. The van der Waals surface area contributed by atoms with Gasteiger partial charge in [0.05, 0.1) is 94.9 Å². The average Bonchev–Trinajstić information content (AvgIpc) is 4.00. The zero-order valence-corrected chi connectivity index (χ0v) is 48.5. The van der Waals surface area contributed by atoms with E-state index >= 15 is 0 Å². The molecule has 9 N–H and O–H groups in total. The van der Waals surface area contributed by atoms with E-state index in [9.17, 15) is 64.2 Å². The molecule has 0 aromatic carbocycles. The number of hydrogen-bond acceptors (Lipinski definition) is 25. The van der Waals surface area contributed by atoms with Crippen LogP contribution in [-0.2, 0) is 94.0 Å².